The lowest BCUT2D eigenvalue weighted by Gasteiger charge is -2.16. The normalized spacial score (nSPS) is 16.7. The first kappa shape index (κ1) is 20.2. The SMILES string of the molecule is CCNC(=NCc1ccc(C)cc1OC1CCOC1)NCc1nnc2ccccn12. The van der Waals surface area contributed by atoms with E-state index in [0.717, 1.165) is 48.3 Å². The molecule has 0 amide bonds. The van der Waals surface area contributed by atoms with Gasteiger partial charge in [-0.25, -0.2) is 4.99 Å². The Morgan fingerprint density at radius 2 is 2.20 bits per heavy atom. The van der Waals surface area contributed by atoms with Crippen LogP contribution in [0.2, 0.25) is 0 Å². The average molecular weight is 409 g/mol. The molecular formula is C22H28N6O2. The van der Waals surface area contributed by atoms with Crippen LogP contribution in [0.4, 0.5) is 0 Å². The maximum atomic E-state index is 6.19. The fraction of sp³-hybridized carbons (Fsp3) is 0.409. The Labute approximate surface area is 176 Å². The molecule has 1 aromatic carbocycles. The lowest BCUT2D eigenvalue weighted by Crippen LogP contribution is -2.37. The highest BCUT2D eigenvalue weighted by atomic mass is 16.5. The van der Waals surface area contributed by atoms with Crippen molar-refractivity contribution < 1.29 is 9.47 Å². The molecule has 8 heteroatoms. The minimum Gasteiger partial charge on any atom is -0.488 e. The quantitative estimate of drug-likeness (QED) is 0.461. The zero-order chi connectivity index (χ0) is 20.8. The number of nitrogens with zero attached hydrogens (tertiary/aromatic N) is 4. The summed E-state index contributed by atoms with van der Waals surface area (Å²) in [6.45, 7) is 7.32. The van der Waals surface area contributed by atoms with Crippen LogP contribution in [0, 0.1) is 6.92 Å². The maximum Gasteiger partial charge on any atom is 0.191 e. The molecular weight excluding hydrogens is 380 g/mol. The average Bonchev–Trinajstić information content (AvgIpc) is 3.41. The van der Waals surface area contributed by atoms with Gasteiger partial charge in [-0.2, -0.15) is 0 Å². The summed E-state index contributed by atoms with van der Waals surface area (Å²) in [7, 11) is 0. The lowest BCUT2D eigenvalue weighted by atomic mass is 10.1. The summed E-state index contributed by atoms with van der Waals surface area (Å²) >= 11 is 0. The fourth-order valence-electron chi connectivity index (χ4n) is 3.37. The van der Waals surface area contributed by atoms with Gasteiger partial charge in [0.05, 0.1) is 26.3 Å². The summed E-state index contributed by atoms with van der Waals surface area (Å²) < 4.78 is 13.6. The van der Waals surface area contributed by atoms with Crippen LogP contribution in [0.5, 0.6) is 5.75 Å². The highest BCUT2D eigenvalue weighted by molar-refractivity contribution is 5.79. The summed E-state index contributed by atoms with van der Waals surface area (Å²) in [5, 5.41) is 15.1. The molecule has 1 atom stereocenters. The number of pyridine rings is 1. The van der Waals surface area contributed by atoms with Crippen molar-refractivity contribution in [1.82, 2.24) is 25.2 Å². The molecule has 1 fully saturated rings. The van der Waals surface area contributed by atoms with Crippen LogP contribution in [-0.2, 0) is 17.8 Å². The monoisotopic (exact) mass is 408 g/mol. The Morgan fingerprint density at radius 3 is 3.03 bits per heavy atom. The number of rotatable bonds is 7. The zero-order valence-corrected chi connectivity index (χ0v) is 17.5. The predicted molar refractivity (Wildman–Crippen MR) is 116 cm³/mol. The van der Waals surface area contributed by atoms with Crippen LogP contribution in [0.25, 0.3) is 5.65 Å². The molecule has 30 heavy (non-hydrogen) atoms. The first-order valence-electron chi connectivity index (χ1n) is 10.4. The van der Waals surface area contributed by atoms with Gasteiger partial charge in [-0.3, -0.25) is 4.40 Å². The number of aryl methyl sites for hydroxylation is 1. The van der Waals surface area contributed by atoms with E-state index >= 15 is 0 Å². The van der Waals surface area contributed by atoms with E-state index in [1.807, 2.05) is 35.7 Å². The molecule has 1 aliphatic rings. The molecule has 3 heterocycles. The van der Waals surface area contributed by atoms with Gasteiger partial charge < -0.3 is 20.1 Å². The molecule has 0 radical (unpaired) electrons. The van der Waals surface area contributed by atoms with E-state index < -0.39 is 0 Å². The van der Waals surface area contributed by atoms with E-state index in [2.05, 4.69) is 46.0 Å². The van der Waals surface area contributed by atoms with Crippen molar-refractivity contribution >= 4 is 11.6 Å². The molecule has 2 aromatic heterocycles. The van der Waals surface area contributed by atoms with Gasteiger partial charge in [0.25, 0.3) is 0 Å². The van der Waals surface area contributed by atoms with Crippen molar-refractivity contribution in [2.24, 2.45) is 4.99 Å². The van der Waals surface area contributed by atoms with Gasteiger partial charge in [0.15, 0.2) is 17.4 Å². The third-order valence-corrected chi connectivity index (χ3v) is 4.95. The highest BCUT2D eigenvalue weighted by Crippen LogP contribution is 2.24. The molecule has 4 rings (SSSR count). The molecule has 0 aliphatic carbocycles. The smallest absolute Gasteiger partial charge is 0.191 e. The number of hydrogen-bond donors (Lipinski definition) is 2. The Balaban J connectivity index is 1.46. The Kier molecular flexibility index (Phi) is 6.44. The minimum atomic E-state index is 0.113. The van der Waals surface area contributed by atoms with Crippen molar-refractivity contribution in [2.75, 3.05) is 19.8 Å². The fourth-order valence-corrected chi connectivity index (χ4v) is 3.37. The number of benzene rings is 1. The van der Waals surface area contributed by atoms with Crippen molar-refractivity contribution in [2.45, 2.75) is 39.5 Å². The number of ether oxygens (including phenoxy) is 2. The summed E-state index contributed by atoms with van der Waals surface area (Å²) in [6.07, 6.45) is 2.99. The van der Waals surface area contributed by atoms with Gasteiger partial charge in [0, 0.05) is 24.7 Å². The molecule has 0 bridgehead atoms. The van der Waals surface area contributed by atoms with Crippen molar-refractivity contribution in [3.63, 3.8) is 0 Å². The molecule has 158 valence electrons. The summed E-state index contributed by atoms with van der Waals surface area (Å²) in [6, 6.07) is 12.1. The minimum absolute atomic E-state index is 0.113. The van der Waals surface area contributed by atoms with E-state index in [0.29, 0.717) is 19.7 Å². The highest BCUT2D eigenvalue weighted by Gasteiger charge is 2.18. The van der Waals surface area contributed by atoms with Crippen LogP contribution < -0.4 is 15.4 Å². The first-order chi connectivity index (χ1) is 14.7. The second-order valence-electron chi connectivity index (χ2n) is 7.31. The molecule has 2 N–H and O–H groups in total. The third-order valence-electron chi connectivity index (χ3n) is 4.95. The Hall–Kier alpha value is -3.13. The zero-order valence-electron chi connectivity index (χ0n) is 17.5. The summed E-state index contributed by atoms with van der Waals surface area (Å²) in [5.74, 6) is 2.44. The molecule has 0 saturated carbocycles. The van der Waals surface area contributed by atoms with Gasteiger partial charge in [0.2, 0.25) is 0 Å². The summed E-state index contributed by atoms with van der Waals surface area (Å²) in [5.41, 5.74) is 3.05. The molecule has 1 saturated heterocycles. The van der Waals surface area contributed by atoms with Gasteiger partial charge in [-0.05, 0) is 37.6 Å². The molecule has 0 spiro atoms. The first-order valence-corrected chi connectivity index (χ1v) is 10.4. The number of nitrogens with one attached hydrogen (secondary N) is 2. The topological polar surface area (TPSA) is 85.1 Å². The lowest BCUT2D eigenvalue weighted by molar-refractivity contribution is 0.140. The number of guanidine groups is 1. The molecule has 1 unspecified atom stereocenters. The van der Waals surface area contributed by atoms with E-state index in [9.17, 15) is 0 Å². The standard InChI is InChI=1S/C22H28N6O2/c1-3-23-22(25-14-21-27-26-20-6-4-5-10-28(20)21)24-13-17-8-7-16(2)12-19(17)30-18-9-11-29-15-18/h4-8,10,12,18H,3,9,11,13-15H2,1-2H3,(H2,23,24,25). The van der Waals surface area contributed by atoms with E-state index in [1.165, 1.54) is 5.56 Å². The summed E-state index contributed by atoms with van der Waals surface area (Å²) in [4.78, 5) is 4.75. The number of aromatic nitrogens is 3. The van der Waals surface area contributed by atoms with Crippen molar-refractivity contribution in [3.05, 3.63) is 59.5 Å². The number of aliphatic imine (C=N–C) groups is 1. The van der Waals surface area contributed by atoms with Gasteiger partial charge in [-0.1, -0.05) is 18.2 Å². The van der Waals surface area contributed by atoms with Crippen LogP contribution in [-0.4, -0.2) is 46.4 Å². The van der Waals surface area contributed by atoms with Gasteiger partial charge in [0.1, 0.15) is 11.9 Å². The largest absolute Gasteiger partial charge is 0.488 e. The molecule has 3 aromatic rings. The van der Waals surface area contributed by atoms with Crippen LogP contribution >= 0.6 is 0 Å². The van der Waals surface area contributed by atoms with E-state index in [4.69, 9.17) is 14.5 Å². The Bertz CT molecular complexity index is 1010. The maximum absolute atomic E-state index is 6.19. The third kappa shape index (κ3) is 4.88. The van der Waals surface area contributed by atoms with Crippen LogP contribution in [0.15, 0.2) is 47.6 Å². The van der Waals surface area contributed by atoms with Gasteiger partial charge >= 0.3 is 0 Å². The van der Waals surface area contributed by atoms with Crippen molar-refractivity contribution in [1.29, 1.82) is 0 Å². The molecule has 8 nitrogen and oxygen atoms in total. The van der Waals surface area contributed by atoms with Gasteiger partial charge in [-0.15, -0.1) is 10.2 Å². The second-order valence-corrected chi connectivity index (χ2v) is 7.31. The number of fused-ring (bicyclic) bond motifs is 1. The Morgan fingerprint density at radius 1 is 1.27 bits per heavy atom. The second kappa shape index (κ2) is 9.58. The predicted octanol–water partition coefficient (Wildman–Crippen LogP) is 2.46. The van der Waals surface area contributed by atoms with E-state index in [-0.39, 0.29) is 6.10 Å². The van der Waals surface area contributed by atoms with Crippen molar-refractivity contribution in [3.8, 4) is 5.75 Å². The van der Waals surface area contributed by atoms with E-state index in [1.54, 1.807) is 0 Å². The van der Waals surface area contributed by atoms with Crippen LogP contribution in [0.3, 0.4) is 0 Å². The number of hydrogen-bond acceptors (Lipinski definition) is 5. The van der Waals surface area contributed by atoms with Crippen LogP contribution in [0.1, 0.15) is 30.3 Å². The molecule has 1 aliphatic heterocycles.